The second-order valence-corrected chi connectivity index (χ2v) is 4.27. The number of rotatable bonds is 2. The molecule has 72 valence electrons. The van der Waals surface area contributed by atoms with Crippen LogP contribution in [0.15, 0.2) is 0 Å². The third-order valence-electron chi connectivity index (χ3n) is 2.64. The molecule has 13 heavy (non-hydrogen) atoms. The van der Waals surface area contributed by atoms with Crippen LogP contribution in [0.5, 0.6) is 0 Å². The average Bonchev–Trinajstić information content (AvgIpc) is 2.30. The number of nitrogens with zero attached hydrogens (tertiary/aromatic N) is 3. The second-order valence-electron chi connectivity index (χ2n) is 3.94. The van der Waals surface area contributed by atoms with Crippen molar-refractivity contribution >= 4 is 11.6 Å². The lowest BCUT2D eigenvalue weighted by atomic mass is 9.92. The number of halogens is 1. The molecule has 0 radical (unpaired) electrons. The van der Waals surface area contributed by atoms with E-state index in [4.69, 9.17) is 11.6 Å². The van der Waals surface area contributed by atoms with Crippen LogP contribution in [0.4, 0.5) is 0 Å². The molecule has 1 aliphatic carbocycles. The lowest BCUT2D eigenvalue weighted by Gasteiger charge is -2.28. The monoisotopic (exact) mass is 199 g/mol. The second kappa shape index (κ2) is 3.29. The quantitative estimate of drug-likeness (QED) is 0.734. The molecule has 1 aromatic rings. The maximum atomic E-state index is 5.99. The van der Waals surface area contributed by atoms with Gasteiger partial charge in [-0.3, -0.25) is 4.57 Å². The third-order valence-corrected chi connectivity index (χ3v) is 2.89. The zero-order valence-electron chi connectivity index (χ0n) is 8.00. The largest absolute Gasteiger partial charge is 0.298 e. The Balaban J connectivity index is 2.34. The van der Waals surface area contributed by atoms with Crippen LogP contribution in [-0.4, -0.2) is 14.8 Å². The standard InChI is InChI=1S/C9H14ClN3/c1-6(2)8-11-12-9(10)13(8)7-4-3-5-7/h6-7H,3-5H2,1-2H3. The molecule has 1 fully saturated rings. The molecule has 0 N–H and O–H groups in total. The van der Waals surface area contributed by atoms with Gasteiger partial charge in [-0.05, 0) is 30.9 Å². The summed E-state index contributed by atoms with van der Waals surface area (Å²) >= 11 is 5.99. The number of aromatic nitrogens is 3. The van der Waals surface area contributed by atoms with Gasteiger partial charge >= 0.3 is 0 Å². The first kappa shape index (κ1) is 9.00. The van der Waals surface area contributed by atoms with Gasteiger partial charge in [0.15, 0.2) is 0 Å². The van der Waals surface area contributed by atoms with Crippen LogP contribution in [0.25, 0.3) is 0 Å². The van der Waals surface area contributed by atoms with Gasteiger partial charge in [0.05, 0.1) is 0 Å². The molecule has 1 aromatic heterocycles. The van der Waals surface area contributed by atoms with Crippen LogP contribution in [0.2, 0.25) is 5.28 Å². The molecular weight excluding hydrogens is 186 g/mol. The van der Waals surface area contributed by atoms with E-state index in [9.17, 15) is 0 Å². The maximum Gasteiger partial charge on any atom is 0.225 e. The van der Waals surface area contributed by atoms with Crippen molar-refractivity contribution in [2.45, 2.75) is 45.1 Å². The van der Waals surface area contributed by atoms with Crippen molar-refractivity contribution in [2.24, 2.45) is 0 Å². The fourth-order valence-corrected chi connectivity index (χ4v) is 1.92. The van der Waals surface area contributed by atoms with Crippen LogP contribution in [0.1, 0.15) is 50.9 Å². The Bertz CT molecular complexity index is 302. The molecule has 2 rings (SSSR count). The first-order chi connectivity index (χ1) is 6.20. The molecule has 0 bridgehead atoms. The maximum absolute atomic E-state index is 5.99. The van der Waals surface area contributed by atoms with Crippen molar-refractivity contribution in [1.82, 2.24) is 14.8 Å². The fourth-order valence-electron chi connectivity index (χ4n) is 1.66. The predicted octanol–water partition coefficient (Wildman–Crippen LogP) is 2.78. The van der Waals surface area contributed by atoms with Crippen molar-refractivity contribution in [2.75, 3.05) is 0 Å². The van der Waals surface area contributed by atoms with E-state index in [-0.39, 0.29) is 0 Å². The molecule has 0 aromatic carbocycles. The Morgan fingerprint density at radius 1 is 1.38 bits per heavy atom. The minimum Gasteiger partial charge on any atom is -0.298 e. The smallest absolute Gasteiger partial charge is 0.225 e. The zero-order chi connectivity index (χ0) is 9.42. The minimum absolute atomic E-state index is 0.403. The summed E-state index contributed by atoms with van der Waals surface area (Å²) in [5.74, 6) is 1.43. The first-order valence-corrected chi connectivity index (χ1v) is 5.18. The molecule has 0 spiro atoms. The molecule has 1 saturated carbocycles. The summed E-state index contributed by atoms with van der Waals surface area (Å²) in [6, 6.07) is 0.555. The number of hydrogen-bond donors (Lipinski definition) is 0. The Morgan fingerprint density at radius 2 is 2.08 bits per heavy atom. The van der Waals surface area contributed by atoms with Gasteiger partial charge in [0.25, 0.3) is 0 Å². The Kier molecular flexibility index (Phi) is 2.28. The van der Waals surface area contributed by atoms with Gasteiger partial charge in [0.2, 0.25) is 5.28 Å². The fraction of sp³-hybridized carbons (Fsp3) is 0.778. The van der Waals surface area contributed by atoms with Crippen molar-refractivity contribution in [3.63, 3.8) is 0 Å². The Labute approximate surface area is 83.1 Å². The number of hydrogen-bond acceptors (Lipinski definition) is 2. The molecular formula is C9H14ClN3. The predicted molar refractivity (Wildman–Crippen MR) is 52.0 cm³/mol. The Morgan fingerprint density at radius 3 is 2.54 bits per heavy atom. The minimum atomic E-state index is 0.403. The lowest BCUT2D eigenvalue weighted by molar-refractivity contribution is 0.303. The van der Waals surface area contributed by atoms with E-state index in [0.717, 1.165) is 5.82 Å². The van der Waals surface area contributed by atoms with E-state index in [2.05, 4.69) is 28.6 Å². The topological polar surface area (TPSA) is 30.7 Å². The van der Waals surface area contributed by atoms with E-state index in [1.165, 1.54) is 19.3 Å². The molecule has 0 unspecified atom stereocenters. The highest BCUT2D eigenvalue weighted by Gasteiger charge is 2.25. The van der Waals surface area contributed by atoms with Crippen molar-refractivity contribution in [1.29, 1.82) is 0 Å². The highest BCUT2D eigenvalue weighted by atomic mass is 35.5. The van der Waals surface area contributed by atoms with Gasteiger partial charge in [-0.1, -0.05) is 13.8 Å². The van der Waals surface area contributed by atoms with Gasteiger partial charge in [-0.15, -0.1) is 10.2 Å². The molecule has 1 aliphatic rings. The molecule has 0 amide bonds. The summed E-state index contributed by atoms with van der Waals surface area (Å²) in [4.78, 5) is 0. The van der Waals surface area contributed by atoms with E-state index in [1.807, 2.05) is 0 Å². The highest BCUT2D eigenvalue weighted by molar-refractivity contribution is 6.28. The summed E-state index contributed by atoms with van der Waals surface area (Å²) < 4.78 is 2.09. The summed E-state index contributed by atoms with van der Waals surface area (Å²) in [5, 5.41) is 8.57. The first-order valence-electron chi connectivity index (χ1n) is 4.80. The van der Waals surface area contributed by atoms with Crippen molar-refractivity contribution in [3.05, 3.63) is 11.1 Å². The van der Waals surface area contributed by atoms with Crippen LogP contribution in [-0.2, 0) is 0 Å². The van der Waals surface area contributed by atoms with Gasteiger partial charge in [-0.25, -0.2) is 0 Å². The zero-order valence-corrected chi connectivity index (χ0v) is 8.75. The molecule has 3 nitrogen and oxygen atoms in total. The molecule has 0 saturated heterocycles. The molecule has 4 heteroatoms. The Hall–Kier alpha value is -0.570. The summed E-state index contributed by atoms with van der Waals surface area (Å²) in [7, 11) is 0. The van der Waals surface area contributed by atoms with E-state index >= 15 is 0 Å². The summed E-state index contributed by atoms with van der Waals surface area (Å²) in [6.07, 6.45) is 3.74. The van der Waals surface area contributed by atoms with Gasteiger partial charge < -0.3 is 0 Å². The SMILES string of the molecule is CC(C)c1nnc(Cl)n1C1CCC1. The highest BCUT2D eigenvalue weighted by Crippen LogP contribution is 2.35. The van der Waals surface area contributed by atoms with Gasteiger partial charge in [0, 0.05) is 12.0 Å². The van der Waals surface area contributed by atoms with Gasteiger partial charge in [-0.2, -0.15) is 0 Å². The van der Waals surface area contributed by atoms with E-state index in [0.29, 0.717) is 17.2 Å². The van der Waals surface area contributed by atoms with Crippen LogP contribution in [0.3, 0.4) is 0 Å². The van der Waals surface area contributed by atoms with E-state index < -0.39 is 0 Å². The van der Waals surface area contributed by atoms with Crippen molar-refractivity contribution < 1.29 is 0 Å². The van der Waals surface area contributed by atoms with Crippen LogP contribution in [0, 0.1) is 0 Å². The lowest BCUT2D eigenvalue weighted by Crippen LogP contribution is -2.20. The van der Waals surface area contributed by atoms with Crippen LogP contribution < -0.4 is 0 Å². The van der Waals surface area contributed by atoms with E-state index in [1.54, 1.807) is 0 Å². The third kappa shape index (κ3) is 1.46. The van der Waals surface area contributed by atoms with Crippen molar-refractivity contribution in [3.8, 4) is 0 Å². The molecule has 0 atom stereocenters. The van der Waals surface area contributed by atoms with Gasteiger partial charge in [0.1, 0.15) is 5.82 Å². The molecule has 0 aliphatic heterocycles. The normalized spacial score (nSPS) is 17.8. The van der Waals surface area contributed by atoms with Crippen LogP contribution >= 0.6 is 11.6 Å². The average molecular weight is 200 g/mol. The summed E-state index contributed by atoms with van der Waals surface area (Å²) in [5.41, 5.74) is 0. The summed E-state index contributed by atoms with van der Waals surface area (Å²) in [6.45, 7) is 4.24. The molecule has 1 heterocycles.